The van der Waals surface area contributed by atoms with E-state index >= 15 is 0 Å². The standard InChI is InChI=1S/C33H42ClN3O4/c1-31(2,3)41-30(39)37-19-22(20-37)10-8-9-21-11-13-23(14-12-21)27(38)36-28-32(4,5)29(33(28,6)7)40-25-16-15-24(18-35)26(34)17-25/h11-17,22,28-29H,8-10,19-20H2,1-7H3,(H,36,38). The van der Waals surface area contributed by atoms with Crippen molar-refractivity contribution in [1.82, 2.24) is 10.2 Å². The Bertz CT molecular complexity index is 1300. The van der Waals surface area contributed by atoms with Gasteiger partial charge in [0.2, 0.25) is 0 Å². The highest BCUT2D eigenvalue weighted by molar-refractivity contribution is 6.31. The summed E-state index contributed by atoms with van der Waals surface area (Å²) in [6.45, 7) is 15.5. The van der Waals surface area contributed by atoms with E-state index in [0.29, 0.717) is 27.8 Å². The summed E-state index contributed by atoms with van der Waals surface area (Å²) in [6.07, 6.45) is 2.65. The van der Waals surface area contributed by atoms with E-state index in [1.807, 2.05) is 45.0 Å². The lowest BCUT2D eigenvalue weighted by atomic mass is 9.49. The van der Waals surface area contributed by atoms with Crippen LogP contribution in [0, 0.1) is 28.1 Å². The Labute approximate surface area is 249 Å². The fraction of sp³-hybridized carbons (Fsp3) is 0.545. The highest BCUT2D eigenvalue weighted by Gasteiger charge is 2.64. The SMILES string of the molecule is CC(C)(C)OC(=O)N1CC(CCCc2ccc(C(=O)NC3C(C)(C)C(Oc4ccc(C#N)c(Cl)c4)C3(C)C)cc2)C1. The van der Waals surface area contributed by atoms with E-state index < -0.39 is 5.60 Å². The van der Waals surface area contributed by atoms with Crippen molar-refractivity contribution in [3.63, 3.8) is 0 Å². The molecule has 1 saturated carbocycles. The first-order chi connectivity index (χ1) is 19.1. The molecular weight excluding hydrogens is 538 g/mol. The average Bonchev–Trinajstić information content (AvgIpc) is 2.86. The second kappa shape index (κ2) is 11.6. The Morgan fingerprint density at radius 2 is 1.71 bits per heavy atom. The molecule has 220 valence electrons. The van der Waals surface area contributed by atoms with Crippen LogP contribution in [0.3, 0.4) is 0 Å². The van der Waals surface area contributed by atoms with E-state index in [4.69, 9.17) is 26.3 Å². The molecule has 0 bridgehead atoms. The van der Waals surface area contributed by atoms with Gasteiger partial charge in [-0.1, -0.05) is 51.4 Å². The van der Waals surface area contributed by atoms with Crippen LogP contribution in [-0.4, -0.2) is 47.7 Å². The van der Waals surface area contributed by atoms with Crippen LogP contribution in [-0.2, 0) is 11.2 Å². The Morgan fingerprint density at radius 1 is 1.07 bits per heavy atom. The lowest BCUT2D eigenvalue weighted by Crippen LogP contribution is -2.74. The number of hydrogen-bond acceptors (Lipinski definition) is 5. The Balaban J connectivity index is 1.25. The maximum atomic E-state index is 13.2. The number of nitriles is 1. The first kappa shape index (κ1) is 30.7. The number of carbonyl (C=O) groups is 2. The summed E-state index contributed by atoms with van der Waals surface area (Å²) in [4.78, 5) is 27.1. The van der Waals surface area contributed by atoms with Crippen molar-refractivity contribution in [2.45, 2.75) is 85.5 Å². The normalized spacial score (nSPS) is 21.2. The van der Waals surface area contributed by atoms with Crippen molar-refractivity contribution < 1.29 is 19.1 Å². The molecule has 7 nitrogen and oxygen atoms in total. The summed E-state index contributed by atoms with van der Waals surface area (Å²) in [6, 6.07) is 14.9. The first-order valence-electron chi connectivity index (χ1n) is 14.4. The van der Waals surface area contributed by atoms with Crippen LogP contribution < -0.4 is 10.1 Å². The van der Waals surface area contributed by atoms with Gasteiger partial charge in [-0.2, -0.15) is 5.26 Å². The number of carbonyl (C=O) groups excluding carboxylic acids is 2. The lowest BCUT2D eigenvalue weighted by Gasteiger charge is -2.63. The van der Waals surface area contributed by atoms with Crippen LogP contribution >= 0.6 is 11.6 Å². The summed E-state index contributed by atoms with van der Waals surface area (Å²) < 4.78 is 11.8. The second-order valence-electron chi connectivity index (χ2n) is 13.6. The van der Waals surface area contributed by atoms with Crippen LogP contribution in [0.5, 0.6) is 5.75 Å². The van der Waals surface area contributed by atoms with Gasteiger partial charge in [-0.3, -0.25) is 4.79 Å². The zero-order valence-corrected chi connectivity index (χ0v) is 26.0. The number of nitrogens with zero attached hydrogens (tertiary/aromatic N) is 2. The van der Waals surface area contributed by atoms with Gasteiger partial charge in [0.1, 0.15) is 23.5 Å². The number of likely N-dealkylation sites (tertiary alicyclic amines) is 1. The quantitative estimate of drug-likeness (QED) is 0.363. The van der Waals surface area contributed by atoms with E-state index in [9.17, 15) is 9.59 Å². The maximum absolute atomic E-state index is 13.2. The molecule has 1 aliphatic heterocycles. The molecule has 41 heavy (non-hydrogen) atoms. The van der Waals surface area contributed by atoms with Crippen molar-refractivity contribution in [1.29, 1.82) is 5.26 Å². The van der Waals surface area contributed by atoms with Gasteiger partial charge in [0.15, 0.2) is 0 Å². The van der Waals surface area contributed by atoms with Gasteiger partial charge in [0.05, 0.1) is 10.6 Å². The molecule has 2 amide bonds. The molecule has 0 aromatic heterocycles. The number of hydrogen-bond donors (Lipinski definition) is 1. The molecule has 0 atom stereocenters. The summed E-state index contributed by atoms with van der Waals surface area (Å²) in [7, 11) is 0. The number of rotatable bonds is 8. The largest absolute Gasteiger partial charge is 0.489 e. The summed E-state index contributed by atoms with van der Waals surface area (Å²) in [5.74, 6) is 1.03. The third-order valence-corrected chi connectivity index (χ3v) is 8.65. The van der Waals surface area contributed by atoms with Gasteiger partial charge in [0.25, 0.3) is 5.91 Å². The van der Waals surface area contributed by atoms with E-state index in [2.05, 4.69) is 39.1 Å². The number of amides is 2. The third-order valence-electron chi connectivity index (χ3n) is 8.33. The topological polar surface area (TPSA) is 91.7 Å². The van der Waals surface area contributed by atoms with Gasteiger partial charge in [-0.05, 0) is 75.8 Å². The molecule has 1 aliphatic carbocycles. The Morgan fingerprint density at radius 3 is 2.27 bits per heavy atom. The number of benzene rings is 2. The van der Waals surface area contributed by atoms with Gasteiger partial charge in [-0.25, -0.2) is 4.79 Å². The number of halogens is 1. The van der Waals surface area contributed by atoms with Gasteiger partial charge in [-0.15, -0.1) is 0 Å². The van der Waals surface area contributed by atoms with Crippen molar-refractivity contribution in [3.05, 3.63) is 64.2 Å². The number of nitrogens with one attached hydrogen (secondary N) is 1. The highest BCUT2D eigenvalue weighted by atomic mass is 35.5. The third kappa shape index (κ3) is 6.81. The minimum absolute atomic E-state index is 0.0937. The predicted octanol–water partition coefficient (Wildman–Crippen LogP) is 7.01. The fourth-order valence-electron chi connectivity index (χ4n) is 6.46. The van der Waals surface area contributed by atoms with Crippen LogP contribution in [0.2, 0.25) is 5.02 Å². The van der Waals surface area contributed by atoms with E-state index in [1.54, 1.807) is 23.1 Å². The second-order valence-corrected chi connectivity index (χ2v) is 14.0. The molecule has 0 radical (unpaired) electrons. The molecular formula is C33H42ClN3O4. The Kier molecular flexibility index (Phi) is 8.66. The van der Waals surface area contributed by atoms with Crippen molar-refractivity contribution in [2.75, 3.05) is 13.1 Å². The summed E-state index contributed by atoms with van der Waals surface area (Å²) in [5, 5.41) is 12.7. The highest BCUT2D eigenvalue weighted by Crippen LogP contribution is 2.55. The smallest absolute Gasteiger partial charge is 0.410 e. The number of ether oxygens (including phenoxy) is 2. The van der Waals surface area contributed by atoms with Crippen LogP contribution in [0.1, 0.15) is 82.8 Å². The minimum atomic E-state index is -0.464. The van der Waals surface area contributed by atoms with Crippen molar-refractivity contribution in [2.24, 2.45) is 16.7 Å². The summed E-state index contributed by atoms with van der Waals surface area (Å²) in [5.41, 5.74) is 1.14. The number of aryl methyl sites for hydroxylation is 1. The van der Waals surface area contributed by atoms with Crippen LogP contribution in [0.15, 0.2) is 42.5 Å². The van der Waals surface area contributed by atoms with E-state index in [-0.39, 0.29) is 35.0 Å². The molecule has 1 saturated heterocycles. The molecule has 1 heterocycles. The molecule has 8 heteroatoms. The molecule has 2 aromatic rings. The molecule has 4 rings (SSSR count). The Hall–Kier alpha value is -3.24. The molecule has 2 aromatic carbocycles. The van der Waals surface area contributed by atoms with Crippen LogP contribution in [0.25, 0.3) is 0 Å². The summed E-state index contributed by atoms with van der Waals surface area (Å²) >= 11 is 6.20. The molecule has 2 fully saturated rings. The molecule has 0 spiro atoms. The average molecular weight is 580 g/mol. The zero-order valence-electron chi connectivity index (χ0n) is 25.2. The fourth-order valence-corrected chi connectivity index (χ4v) is 6.67. The monoisotopic (exact) mass is 579 g/mol. The van der Waals surface area contributed by atoms with Crippen LogP contribution in [0.4, 0.5) is 4.79 Å². The van der Waals surface area contributed by atoms with Gasteiger partial charge < -0.3 is 19.7 Å². The minimum Gasteiger partial charge on any atom is -0.489 e. The molecule has 2 aliphatic rings. The first-order valence-corrected chi connectivity index (χ1v) is 14.7. The van der Waals surface area contributed by atoms with Crippen molar-refractivity contribution in [3.8, 4) is 11.8 Å². The molecule has 0 unspecified atom stereocenters. The molecule has 1 N–H and O–H groups in total. The lowest BCUT2D eigenvalue weighted by molar-refractivity contribution is -0.164. The van der Waals surface area contributed by atoms with Gasteiger partial charge in [0, 0.05) is 41.6 Å². The maximum Gasteiger partial charge on any atom is 0.410 e. The van der Waals surface area contributed by atoms with E-state index in [0.717, 1.165) is 32.4 Å². The van der Waals surface area contributed by atoms with Gasteiger partial charge >= 0.3 is 6.09 Å². The van der Waals surface area contributed by atoms with Crippen molar-refractivity contribution >= 4 is 23.6 Å². The predicted molar refractivity (Wildman–Crippen MR) is 160 cm³/mol. The zero-order chi connectivity index (χ0) is 30.2. The van der Waals surface area contributed by atoms with E-state index in [1.165, 1.54) is 5.56 Å².